The first-order chi connectivity index (χ1) is 13.2. The van der Waals surface area contributed by atoms with Crippen molar-refractivity contribution in [1.29, 1.82) is 0 Å². The van der Waals surface area contributed by atoms with Gasteiger partial charge in [0.15, 0.2) is 5.82 Å². The van der Waals surface area contributed by atoms with Crippen molar-refractivity contribution in [2.45, 2.75) is 33.1 Å². The smallest absolute Gasteiger partial charge is 0.229 e. The molecule has 3 aromatic rings. The van der Waals surface area contributed by atoms with Crippen LogP contribution in [0, 0.1) is 13.8 Å². The third-order valence-corrected chi connectivity index (χ3v) is 4.58. The predicted molar refractivity (Wildman–Crippen MR) is 107 cm³/mol. The van der Waals surface area contributed by atoms with E-state index >= 15 is 0 Å². The van der Waals surface area contributed by atoms with Gasteiger partial charge in [0, 0.05) is 42.3 Å². The van der Waals surface area contributed by atoms with E-state index in [1.165, 1.54) is 24.9 Å². The molecule has 27 heavy (non-hydrogen) atoms. The number of hydrogen-bond donors (Lipinski definition) is 2. The van der Waals surface area contributed by atoms with Gasteiger partial charge in [-0.15, -0.1) is 0 Å². The normalized spacial score (nSPS) is 14.2. The number of nitrogens with zero attached hydrogens (tertiary/aromatic N) is 4. The zero-order valence-corrected chi connectivity index (χ0v) is 15.7. The lowest BCUT2D eigenvalue weighted by molar-refractivity contribution is 0.400. The summed E-state index contributed by atoms with van der Waals surface area (Å²) >= 11 is 0. The van der Waals surface area contributed by atoms with Crippen LogP contribution in [-0.4, -0.2) is 28.2 Å². The predicted octanol–water partition coefficient (Wildman–Crippen LogP) is 4.56. The van der Waals surface area contributed by atoms with E-state index in [0.717, 1.165) is 30.2 Å². The maximum absolute atomic E-state index is 5.08. The van der Waals surface area contributed by atoms with Gasteiger partial charge in [-0.2, -0.15) is 4.98 Å². The van der Waals surface area contributed by atoms with Crippen molar-refractivity contribution in [2.75, 3.05) is 28.6 Å². The Morgan fingerprint density at radius 1 is 0.889 bits per heavy atom. The Bertz CT molecular complexity index is 899. The first kappa shape index (κ1) is 17.3. The van der Waals surface area contributed by atoms with E-state index in [0.29, 0.717) is 17.6 Å². The molecule has 140 valence electrons. The maximum atomic E-state index is 5.08. The van der Waals surface area contributed by atoms with Gasteiger partial charge in [-0.3, -0.25) is 0 Å². The van der Waals surface area contributed by atoms with Gasteiger partial charge in [-0.1, -0.05) is 5.16 Å². The van der Waals surface area contributed by atoms with Crippen LogP contribution in [0.15, 0.2) is 40.9 Å². The lowest BCUT2D eigenvalue weighted by atomic mass is 10.1. The van der Waals surface area contributed by atoms with E-state index in [9.17, 15) is 0 Å². The number of aryl methyl sites for hydroxylation is 2. The van der Waals surface area contributed by atoms with Crippen LogP contribution in [0.25, 0.3) is 0 Å². The van der Waals surface area contributed by atoms with Crippen LogP contribution in [0.3, 0.4) is 0 Å². The van der Waals surface area contributed by atoms with Crippen molar-refractivity contribution >= 4 is 29.0 Å². The Kier molecular flexibility index (Phi) is 4.91. The van der Waals surface area contributed by atoms with Gasteiger partial charge in [0.05, 0.1) is 0 Å². The van der Waals surface area contributed by atoms with E-state index in [-0.39, 0.29) is 0 Å². The lowest BCUT2D eigenvalue weighted by Gasteiger charge is -2.28. The van der Waals surface area contributed by atoms with Crippen LogP contribution in [0.5, 0.6) is 0 Å². The molecule has 1 saturated heterocycles. The minimum Gasteiger partial charge on any atom is -0.372 e. The van der Waals surface area contributed by atoms with Gasteiger partial charge >= 0.3 is 0 Å². The monoisotopic (exact) mass is 364 g/mol. The summed E-state index contributed by atoms with van der Waals surface area (Å²) in [7, 11) is 0. The fourth-order valence-corrected chi connectivity index (χ4v) is 3.28. The molecule has 2 N–H and O–H groups in total. The highest BCUT2D eigenvalue weighted by atomic mass is 16.5. The zero-order valence-electron chi connectivity index (χ0n) is 15.7. The van der Waals surface area contributed by atoms with Gasteiger partial charge in [-0.05, 0) is 57.4 Å². The molecule has 0 amide bonds. The molecule has 7 nitrogen and oxygen atoms in total. The van der Waals surface area contributed by atoms with Gasteiger partial charge in [0.2, 0.25) is 5.95 Å². The van der Waals surface area contributed by atoms with Crippen LogP contribution in [-0.2, 0) is 0 Å². The van der Waals surface area contributed by atoms with E-state index in [4.69, 9.17) is 4.52 Å². The molecule has 0 atom stereocenters. The second kappa shape index (κ2) is 7.65. The van der Waals surface area contributed by atoms with Crippen molar-refractivity contribution in [3.05, 3.63) is 47.9 Å². The summed E-state index contributed by atoms with van der Waals surface area (Å²) in [5.74, 6) is 2.59. The minimum atomic E-state index is 0.545. The minimum absolute atomic E-state index is 0.545. The number of anilines is 5. The number of hydrogen-bond acceptors (Lipinski definition) is 7. The molecule has 4 rings (SSSR count). The maximum Gasteiger partial charge on any atom is 0.229 e. The van der Waals surface area contributed by atoms with E-state index in [1.807, 2.05) is 26.0 Å². The Balaban J connectivity index is 1.47. The van der Waals surface area contributed by atoms with E-state index < -0.39 is 0 Å². The fraction of sp³-hybridized carbons (Fsp3) is 0.350. The third-order valence-electron chi connectivity index (χ3n) is 4.58. The van der Waals surface area contributed by atoms with Crippen LogP contribution < -0.4 is 15.5 Å². The van der Waals surface area contributed by atoms with Gasteiger partial charge in [0.1, 0.15) is 11.6 Å². The first-order valence-electron chi connectivity index (χ1n) is 9.34. The second-order valence-electron chi connectivity index (χ2n) is 6.89. The summed E-state index contributed by atoms with van der Waals surface area (Å²) in [4.78, 5) is 11.4. The molecule has 0 saturated carbocycles. The molecular formula is C20H24N6O. The topological polar surface area (TPSA) is 79.1 Å². The molecular weight excluding hydrogens is 340 g/mol. The molecule has 1 aliphatic heterocycles. The summed E-state index contributed by atoms with van der Waals surface area (Å²) in [5.41, 5.74) is 3.10. The zero-order chi connectivity index (χ0) is 18.6. The molecule has 0 radical (unpaired) electrons. The summed E-state index contributed by atoms with van der Waals surface area (Å²) in [5, 5.41) is 10.4. The largest absolute Gasteiger partial charge is 0.372 e. The average Bonchev–Trinajstić information content (AvgIpc) is 3.07. The van der Waals surface area contributed by atoms with Crippen molar-refractivity contribution < 1.29 is 4.52 Å². The lowest BCUT2D eigenvalue weighted by Crippen LogP contribution is -2.29. The highest BCUT2D eigenvalue weighted by Crippen LogP contribution is 2.24. The highest BCUT2D eigenvalue weighted by molar-refractivity contribution is 5.61. The summed E-state index contributed by atoms with van der Waals surface area (Å²) < 4.78 is 5.08. The molecule has 3 heterocycles. The van der Waals surface area contributed by atoms with Gasteiger partial charge in [0.25, 0.3) is 0 Å². The Morgan fingerprint density at radius 2 is 1.67 bits per heavy atom. The van der Waals surface area contributed by atoms with Crippen molar-refractivity contribution in [1.82, 2.24) is 15.1 Å². The number of aromatic nitrogens is 3. The number of piperidine rings is 1. The van der Waals surface area contributed by atoms with Crippen LogP contribution in [0.4, 0.5) is 29.0 Å². The number of nitrogens with one attached hydrogen (secondary N) is 2. The molecule has 0 aliphatic carbocycles. The second-order valence-corrected chi connectivity index (χ2v) is 6.89. The molecule has 1 fully saturated rings. The van der Waals surface area contributed by atoms with Crippen molar-refractivity contribution in [3.8, 4) is 0 Å². The standard InChI is InChI=1S/C20H24N6O/c1-14-12-18(23-19-13-15(2)27-25-19)24-20(21-14)22-16-6-8-17(9-7-16)26-10-4-3-5-11-26/h6-9,12-13H,3-5,10-11H2,1-2H3,(H2,21,22,23,24,25). The molecule has 1 aliphatic rings. The van der Waals surface area contributed by atoms with E-state index in [1.54, 1.807) is 0 Å². The van der Waals surface area contributed by atoms with Crippen LogP contribution in [0.2, 0.25) is 0 Å². The quantitative estimate of drug-likeness (QED) is 0.687. The highest BCUT2D eigenvalue weighted by Gasteiger charge is 2.11. The van der Waals surface area contributed by atoms with Crippen molar-refractivity contribution in [2.24, 2.45) is 0 Å². The molecule has 7 heteroatoms. The number of rotatable bonds is 5. The third kappa shape index (κ3) is 4.36. The van der Waals surface area contributed by atoms with Gasteiger partial charge in [-0.25, -0.2) is 4.98 Å². The number of benzene rings is 1. The van der Waals surface area contributed by atoms with Crippen molar-refractivity contribution in [3.63, 3.8) is 0 Å². The Morgan fingerprint density at radius 3 is 2.37 bits per heavy atom. The molecule has 0 bridgehead atoms. The van der Waals surface area contributed by atoms with Gasteiger partial charge < -0.3 is 20.1 Å². The van der Waals surface area contributed by atoms with Crippen LogP contribution >= 0.6 is 0 Å². The summed E-state index contributed by atoms with van der Waals surface area (Å²) in [6.45, 7) is 6.07. The molecule has 0 unspecified atom stereocenters. The SMILES string of the molecule is Cc1cc(Nc2cc(C)on2)nc(Nc2ccc(N3CCCCC3)cc2)n1. The first-order valence-corrected chi connectivity index (χ1v) is 9.34. The Labute approximate surface area is 158 Å². The fourth-order valence-electron chi connectivity index (χ4n) is 3.28. The summed E-state index contributed by atoms with van der Waals surface area (Å²) in [6, 6.07) is 12.1. The molecule has 2 aromatic heterocycles. The molecule has 0 spiro atoms. The average molecular weight is 364 g/mol. The molecule has 1 aromatic carbocycles. The van der Waals surface area contributed by atoms with E-state index in [2.05, 4.69) is 54.9 Å². The Hall–Kier alpha value is -3.09. The van der Waals surface area contributed by atoms with Crippen LogP contribution in [0.1, 0.15) is 30.7 Å². The summed E-state index contributed by atoms with van der Waals surface area (Å²) in [6.07, 6.45) is 3.89.